The van der Waals surface area contributed by atoms with Crippen molar-refractivity contribution in [3.8, 4) is 0 Å². The van der Waals surface area contributed by atoms with Crippen LogP contribution in [0, 0.1) is 5.92 Å². The Labute approximate surface area is 165 Å². The monoisotopic (exact) mass is 381 g/mol. The highest BCUT2D eigenvalue weighted by atomic mass is 16.2. The first-order chi connectivity index (χ1) is 13.5. The van der Waals surface area contributed by atoms with Crippen molar-refractivity contribution in [2.45, 2.75) is 19.9 Å². The van der Waals surface area contributed by atoms with Crippen molar-refractivity contribution in [1.29, 1.82) is 0 Å². The van der Waals surface area contributed by atoms with Crippen LogP contribution in [0.25, 0.3) is 0 Å². The van der Waals surface area contributed by atoms with Crippen molar-refractivity contribution >= 4 is 23.3 Å². The van der Waals surface area contributed by atoms with E-state index in [1.807, 2.05) is 32.0 Å². The number of benzene rings is 1. The van der Waals surface area contributed by atoms with Crippen molar-refractivity contribution in [3.63, 3.8) is 0 Å². The van der Waals surface area contributed by atoms with Gasteiger partial charge in [0.1, 0.15) is 6.04 Å². The van der Waals surface area contributed by atoms with Crippen LogP contribution in [0.2, 0.25) is 0 Å². The Balaban J connectivity index is 1.55. The van der Waals surface area contributed by atoms with E-state index >= 15 is 0 Å². The highest BCUT2D eigenvalue weighted by molar-refractivity contribution is 5.97. The van der Waals surface area contributed by atoms with Crippen LogP contribution in [0.4, 0.5) is 16.2 Å². The van der Waals surface area contributed by atoms with Gasteiger partial charge in [-0.2, -0.15) is 0 Å². The number of rotatable bonds is 5. The maximum Gasteiger partial charge on any atom is 0.318 e. The molecule has 0 spiro atoms. The summed E-state index contributed by atoms with van der Waals surface area (Å²) in [6.07, 6.45) is 3.23. The number of hydrogen-bond donors (Lipinski definition) is 2. The zero-order valence-electron chi connectivity index (χ0n) is 16.3. The second kappa shape index (κ2) is 9.21. The first-order valence-corrected chi connectivity index (χ1v) is 9.61. The summed E-state index contributed by atoms with van der Waals surface area (Å²) in [6.45, 7) is 6.63. The fourth-order valence-corrected chi connectivity index (χ4v) is 3.22. The maximum absolute atomic E-state index is 12.7. The first kappa shape index (κ1) is 19.7. The van der Waals surface area contributed by atoms with Gasteiger partial charge in [0.2, 0.25) is 5.91 Å². The minimum Gasteiger partial charge on any atom is -0.368 e. The minimum atomic E-state index is -0.604. The minimum absolute atomic E-state index is 0.0311. The van der Waals surface area contributed by atoms with Crippen molar-refractivity contribution in [3.05, 3.63) is 54.9 Å². The smallest absolute Gasteiger partial charge is 0.318 e. The predicted molar refractivity (Wildman–Crippen MR) is 110 cm³/mol. The van der Waals surface area contributed by atoms with Crippen LogP contribution in [-0.4, -0.2) is 54.0 Å². The summed E-state index contributed by atoms with van der Waals surface area (Å²) in [5.41, 5.74) is 1.83. The first-order valence-electron chi connectivity index (χ1n) is 9.61. The van der Waals surface area contributed by atoms with E-state index in [2.05, 4.69) is 32.7 Å². The summed E-state index contributed by atoms with van der Waals surface area (Å²) in [6, 6.07) is 12.8. The number of anilines is 2. The van der Waals surface area contributed by atoms with Crippen LogP contribution in [0.1, 0.15) is 13.8 Å². The number of nitrogens with zero attached hydrogens (tertiary/aromatic N) is 3. The van der Waals surface area contributed by atoms with Crippen LogP contribution in [0.5, 0.6) is 0 Å². The van der Waals surface area contributed by atoms with Gasteiger partial charge in [0.15, 0.2) is 0 Å². The van der Waals surface area contributed by atoms with E-state index in [9.17, 15) is 9.59 Å². The Morgan fingerprint density at radius 2 is 1.61 bits per heavy atom. The molecule has 2 N–H and O–H groups in total. The molecule has 3 amide bonds. The SMILES string of the molecule is CC(C)[C@@H](NC(=O)N1CCN(c2ccccc2)CC1)C(=O)Nc1ccncc1. The van der Waals surface area contributed by atoms with Gasteiger partial charge in [-0.25, -0.2) is 4.79 Å². The molecular weight excluding hydrogens is 354 g/mol. The van der Waals surface area contributed by atoms with Gasteiger partial charge >= 0.3 is 6.03 Å². The lowest BCUT2D eigenvalue weighted by molar-refractivity contribution is -0.118. The average molecular weight is 381 g/mol. The Kier molecular flexibility index (Phi) is 6.47. The van der Waals surface area contributed by atoms with E-state index in [4.69, 9.17) is 0 Å². The summed E-state index contributed by atoms with van der Waals surface area (Å²) in [5, 5.41) is 5.74. The number of aromatic nitrogens is 1. The lowest BCUT2D eigenvalue weighted by Crippen LogP contribution is -2.56. The zero-order chi connectivity index (χ0) is 19.9. The molecule has 1 aromatic heterocycles. The van der Waals surface area contributed by atoms with Gasteiger partial charge < -0.3 is 20.4 Å². The van der Waals surface area contributed by atoms with Gasteiger partial charge in [0.25, 0.3) is 0 Å². The number of amides is 3. The van der Waals surface area contributed by atoms with Crippen molar-refractivity contribution < 1.29 is 9.59 Å². The molecule has 148 valence electrons. The van der Waals surface area contributed by atoms with E-state index in [0.717, 1.165) is 13.1 Å². The lowest BCUT2D eigenvalue weighted by Gasteiger charge is -2.37. The second-order valence-electron chi connectivity index (χ2n) is 7.21. The van der Waals surface area contributed by atoms with E-state index in [1.165, 1.54) is 5.69 Å². The highest BCUT2D eigenvalue weighted by Gasteiger charge is 2.28. The topological polar surface area (TPSA) is 77.6 Å². The Morgan fingerprint density at radius 3 is 2.21 bits per heavy atom. The van der Waals surface area contributed by atoms with Crippen molar-refractivity contribution in [2.75, 3.05) is 36.4 Å². The highest BCUT2D eigenvalue weighted by Crippen LogP contribution is 2.16. The number of pyridine rings is 1. The molecule has 1 aromatic carbocycles. The molecule has 2 heterocycles. The van der Waals surface area contributed by atoms with Crippen LogP contribution >= 0.6 is 0 Å². The molecule has 3 rings (SSSR count). The molecule has 1 saturated heterocycles. The van der Waals surface area contributed by atoms with E-state index < -0.39 is 6.04 Å². The van der Waals surface area contributed by atoms with Crippen LogP contribution in [-0.2, 0) is 4.79 Å². The molecule has 1 aliphatic rings. The molecule has 0 bridgehead atoms. The number of hydrogen-bond acceptors (Lipinski definition) is 4. The third kappa shape index (κ3) is 5.00. The van der Waals surface area contributed by atoms with Crippen LogP contribution in [0.3, 0.4) is 0 Å². The maximum atomic E-state index is 12.7. The van der Waals surface area contributed by atoms with Gasteiger partial charge in [0, 0.05) is 49.9 Å². The predicted octanol–water partition coefficient (Wildman–Crippen LogP) is 2.58. The third-order valence-corrected chi connectivity index (χ3v) is 4.86. The Bertz CT molecular complexity index is 774. The summed E-state index contributed by atoms with van der Waals surface area (Å²) in [4.78, 5) is 33.3. The number of nitrogens with one attached hydrogen (secondary N) is 2. The summed E-state index contributed by atoms with van der Waals surface area (Å²) in [5.74, 6) is -0.256. The van der Waals surface area contributed by atoms with Crippen molar-refractivity contribution in [2.24, 2.45) is 5.92 Å². The summed E-state index contributed by atoms with van der Waals surface area (Å²) in [7, 11) is 0. The second-order valence-corrected chi connectivity index (χ2v) is 7.21. The fraction of sp³-hybridized carbons (Fsp3) is 0.381. The van der Waals surface area contributed by atoms with E-state index in [-0.39, 0.29) is 17.9 Å². The molecule has 1 fully saturated rings. The van der Waals surface area contributed by atoms with Gasteiger partial charge in [-0.3, -0.25) is 9.78 Å². The van der Waals surface area contributed by atoms with Crippen LogP contribution in [0.15, 0.2) is 54.9 Å². The van der Waals surface area contributed by atoms with E-state index in [0.29, 0.717) is 18.8 Å². The standard InChI is InChI=1S/C21H27N5O2/c1-16(2)19(20(27)23-17-8-10-22-11-9-17)24-21(28)26-14-12-25(13-15-26)18-6-4-3-5-7-18/h3-11,16,19H,12-15H2,1-2H3,(H,24,28)(H,22,23,27)/t19-/m1/s1. The molecule has 1 aliphatic heterocycles. The fourth-order valence-electron chi connectivity index (χ4n) is 3.22. The lowest BCUT2D eigenvalue weighted by atomic mass is 10.0. The molecule has 1 atom stereocenters. The van der Waals surface area contributed by atoms with Gasteiger partial charge in [-0.15, -0.1) is 0 Å². The third-order valence-electron chi connectivity index (χ3n) is 4.86. The molecule has 2 aromatic rings. The quantitative estimate of drug-likeness (QED) is 0.835. The average Bonchev–Trinajstić information content (AvgIpc) is 2.73. The normalized spacial score (nSPS) is 15.2. The zero-order valence-corrected chi connectivity index (χ0v) is 16.3. The van der Waals surface area contributed by atoms with Crippen molar-refractivity contribution in [1.82, 2.24) is 15.2 Å². The summed E-state index contributed by atoms with van der Waals surface area (Å²) < 4.78 is 0. The molecule has 0 radical (unpaired) electrons. The number of para-hydroxylation sites is 1. The van der Waals surface area contributed by atoms with Gasteiger partial charge in [-0.1, -0.05) is 32.0 Å². The largest absolute Gasteiger partial charge is 0.368 e. The number of piperazine rings is 1. The number of urea groups is 1. The van der Waals surface area contributed by atoms with Gasteiger partial charge in [0.05, 0.1) is 0 Å². The summed E-state index contributed by atoms with van der Waals surface area (Å²) >= 11 is 0. The molecular formula is C21H27N5O2. The molecule has 7 heteroatoms. The Morgan fingerprint density at radius 1 is 0.964 bits per heavy atom. The molecule has 0 saturated carbocycles. The number of carbonyl (C=O) groups is 2. The van der Waals surface area contributed by atoms with Gasteiger partial charge in [-0.05, 0) is 30.2 Å². The van der Waals surface area contributed by atoms with Crippen LogP contribution < -0.4 is 15.5 Å². The molecule has 0 unspecified atom stereocenters. The molecule has 7 nitrogen and oxygen atoms in total. The number of carbonyl (C=O) groups excluding carboxylic acids is 2. The molecule has 0 aliphatic carbocycles. The Hall–Kier alpha value is -3.09. The van der Waals surface area contributed by atoms with E-state index in [1.54, 1.807) is 29.4 Å². The molecule has 28 heavy (non-hydrogen) atoms.